The number of carboxylic acid groups (broad SMARTS) is 1. The molecule has 0 aromatic carbocycles. The van der Waals surface area contributed by atoms with Crippen LogP contribution in [0.25, 0.3) is 0 Å². The first-order valence-electron chi connectivity index (χ1n) is 5.94. The Bertz CT molecular complexity index is 283. The van der Waals surface area contributed by atoms with E-state index in [0.717, 1.165) is 19.3 Å². The van der Waals surface area contributed by atoms with Gasteiger partial charge in [0.2, 0.25) is 0 Å². The second kappa shape index (κ2) is 6.44. The fourth-order valence-corrected chi connectivity index (χ4v) is 2.08. The van der Waals surface area contributed by atoms with Crippen LogP contribution in [0.2, 0.25) is 0 Å². The Hall–Kier alpha value is -1.30. The molecule has 2 amide bonds. The molecule has 1 fully saturated rings. The van der Waals surface area contributed by atoms with E-state index in [2.05, 4.69) is 17.6 Å². The van der Waals surface area contributed by atoms with E-state index in [9.17, 15) is 9.59 Å². The maximum absolute atomic E-state index is 11.4. The van der Waals surface area contributed by atoms with E-state index in [0.29, 0.717) is 5.92 Å². The van der Waals surface area contributed by atoms with E-state index in [-0.39, 0.29) is 12.6 Å². The molecule has 6 nitrogen and oxygen atoms in total. The Morgan fingerprint density at radius 1 is 1.41 bits per heavy atom. The van der Waals surface area contributed by atoms with Crippen LogP contribution in [-0.4, -0.2) is 40.9 Å². The quantitative estimate of drug-likeness (QED) is 0.572. The SMILES string of the molecule is CC1CCCC(NC(=O)NC[C@H](O)C(=O)O)C1. The molecule has 0 spiro atoms. The second-order valence-electron chi connectivity index (χ2n) is 4.68. The maximum atomic E-state index is 11.4. The first-order valence-corrected chi connectivity index (χ1v) is 5.94. The van der Waals surface area contributed by atoms with Gasteiger partial charge in [-0.3, -0.25) is 0 Å². The van der Waals surface area contributed by atoms with Gasteiger partial charge in [0.05, 0.1) is 6.54 Å². The summed E-state index contributed by atoms with van der Waals surface area (Å²) >= 11 is 0. The highest BCUT2D eigenvalue weighted by Crippen LogP contribution is 2.23. The van der Waals surface area contributed by atoms with Gasteiger partial charge in [0.25, 0.3) is 0 Å². The minimum Gasteiger partial charge on any atom is -0.479 e. The van der Waals surface area contributed by atoms with Gasteiger partial charge in [-0.1, -0.05) is 19.8 Å². The van der Waals surface area contributed by atoms with Crippen molar-refractivity contribution in [1.29, 1.82) is 0 Å². The lowest BCUT2D eigenvalue weighted by Crippen LogP contribution is -2.46. The minimum atomic E-state index is -1.55. The number of carbonyl (C=O) groups is 2. The summed E-state index contributed by atoms with van der Waals surface area (Å²) in [5.74, 6) is -0.727. The molecule has 0 aromatic heterocycles. The van der Waals surface area contributed by atoms with Gasteiger partial charge in [-0.2, -0.15) is 0 Å². The first kappa shape index (κ1) is 13.8. The normalized spacial score (nSPS) is 26.0. The van der Waals surface area contributed by atoms with Crippen LogP contribution in [0.4, 0.5) is 4.79 Å². The van der Waals surface area contributed by atoms with Crippen LogP contribution in [-0.2, 0) is 4.79 Å². The van der Waals surface area contributed by atoms with Gasteiger partial charge in [-0.25, -0.2) is 9.59 Å². The highest BCUT2D eigenvalue weighted by Gasteiger charge is 2.21. The average molecular weight is 244 g/mol. The lowest BCUT2D eigenvalue weighted by molar-refractivity contribution is -0.146. The van der Waals surface area contributed by atoms with Gasteiger partial charge in [0.15, 0.2) is 6.10 Å². The van der Waals surface area contributed by atoms with Crippen LogP contribution >= 0.6 is 0 Å². The molecule has 4 N–H and O–H groups in total. The third kappa shape index (κ3) is 5.04. The lowest BCUT2D eigenvalue weighted by atomic mass is 9.87. The summed E-state index contributed by atoms with van der Waals surface area (Å²) in [7, 11) is 0. The molecule has 17 heavy (non-hydrogen) atoms. The molecule has 3 atom stereocenters. The second-order valence-corrected chi connectivity index (χ2v) is 4.68. The van der Waals surface area contributed by atoms with Crippen molar-refractivity contribution >= 4 is 12.0 Å². The number of rotatable bonds is 4. The van der Waals surface area contributed by atoms with E-state index in [4.69, 9.17) is 10.2 Å². The average Bonchev–Trinajstić information content (AvgIpc) is 2.25. The molecular weight excluding hydrogens is 224 g/mol. The molecule has 0 aliphatic heterocycles. The summed E-state index contributed by atoms with van der Waals surface area (Å²) in [6, 6.07) is -0.259. The number of hydrogen-bond acceptors (Lipinski definition) is 3. The van der Waals surface area contributed by atoms with Gasteiger partial charge in [-0.05, 0) is 18.8 Å². The van der Waals surface area contributed by atoms with Gasteiger partial charge in [0, 0.05) is 6.04 Å². The summed E-state index contributed by atoms with van der Waals surface area (Å²) in [6.45, 7) is 1.88. The monoisotopic (exact) mass is 244 g/mol. The van der Waals surface area contributed by atoms with Crippen LogP contribution in [0, 0.1) is 5.92 Å². The molecule has 1 aliphatic rings. The molecule has 6 heteroatoms. The van der Waals surface area contributed by atoms with Gasteiger partial charge in [-0.15, -0.1) is 0 Å². The number of carbonyl (C=O) groups excluding carboxylic acids is 1. The zero-order valence-electron chi connectivity index (χ0n) is 9.98. The van der Waals surface area contributed by atoms with Crippen molar-refractivity contribution in [3.63, 3.8) is 0 Å². The third-order valence-electron chi connectivity index (χ3n) is 3.01. The fraction of sp³-hybridized carbons (Fsp3) is 0.818. The standard InChI is InChI=1S/C11H20N2O4/c1-7-3-2-4-8(5-7)13-11(17)12-6-9(14)10(15)16/h7-9,14H,2-6H2,1H3,(H,15,16)(H2,12,13,17)/t7?,8?,9-/m0/s1. The van der Waals surface area contributed by atoms with E-state index in [1.165, 1.54) is 6.42 Å². The number of amides is 2. The van der Waals surface area contributed by atoms with E-state index in [1.54, 1.807) is 0 Å². The van der Waals surface area contributed by atoms with Crippen molar-refractivity contribution in [1.82, 2.24) is 10.6 Å². The molecule has 0 radical (unpaired) electrons. The van der Waals surface area contributed by atoms with Crippen molar-refractivity contribution in [3.8, 4) is 0 Å². The van der Waals surface area contributed by atoms with Crippen LogP contribution in [0.1, 0.15) is 32.6 Å². The number of aliphatic hydroxyl groups is 1. The summed E-state index contributed by atoms with van der Waals surface area (Å²) in [6.07, 6.45) is 2.65. The number of aliphatic hydroxyl groups excluding tert-OH is 1. The van der Waals surface area contributed by atoms with Gasteiger partial charge < -0.3 is 20.8 Å². The third-order valence-corrected chi connectivity index (χ3v) is 3.01. The predicted molar refractivity (Wildman–Crippen MR) is 61.6 cm³/mol. The van der Waals surface area contributed by atoms with Gasteiger partial charge in [0.1, 0.15) is 0 Å². The minimum absolute atomic E-state index is 0.153. The number of carboxylic acids is 1. The molecular formula is C11H20N2O4. The van der Waals surface area contributed by atoms with Gasteiger partial charge >= 0.3 is 12.0 Å². The molecule has 0 aromatic rings. The zero-order chi connectivity index (χ0) is 12.8. The number of hydrogen-bond donors (Lipinski definition) is 4. The maximum Gasteiger partial charge on any atom is 0.334 e. The highest BCUT2D eigenvalue weighted by molar-refractivity contribution is 5.76. The number of urea groups is 1. The van der Waals surface area contributed by atoms with E-state index in [1.807, 2.05) is 0 Å². The Kier molecular flexibility index (Phi) is 5.21. The molecule has 98 valence electrons. The number of nitrogens with one attached hydrogen (secondary N) is 2. The predicted octanol–water partition coefficient (Wildman–Crippen LogP) is 0.310. The van der Waals surface area contributed by atoms with Crippen molar-refractivity contribution in [2.24, 2.45) is 5.92 Å². The fourth-order valence-electron chi connectivity index (χ4n) is 2.08. The Morgan fingerprint density at radius 2 is 2.12 bits per heavy atom. The van der Waals surface area contributed by atoms with Crippen molar-refractivity contribution in [3.05, 3.63) is 0 Å². The summed E-state index contributed by atoms with van der Waals surface area (Å²) < 4.78 is 0. The van der Waals surface area contributed by atoms with Crippen LogP contribution in [0.5, 0.6) is 0 Å². The molecule has 1 rings (SSSR count). The van der Waals surface area contributed by atoms with Crippen molar-refractivity contribution < 1.29 is 19.8 Å². The Labute approximate surface area is 100 Å². The van der Waals surface area contributed by atoms with Crippen molar-refractivity contribution in [2.45, 2.75) is 44.8 Å². The smallest absolute Gasteiger partial charge is 0.334 e. The van der Waals surface area contributed by atoms with E-state index < -0.39 is 18.1 Å². The van der Waals surface area contributed by atoms with Crippen molar-refractivity contribution in [2.75, 3.05) is 6.54 Å². The summed E-state index contributed by atoms with van der Waals surface area (Å²) in [5, 5.41) is 22.5. The number of aliphatic carboxylic acids is 1. The zero-order valence-corrected chi connectivity index (χ0v) is 9.98. The molecule has 0 bridgehead atoms. The molecule has 0 heterocycles. The Balaban J connectivity index is 2.22. The molecule has 0 saturated heterocycles. The molecule has 1 saturated carbocycles. The topological polar surface area (TPSA) is 98.7 Å². The van der Waals surface area contributed by atoms with E-state index >= 15 is 0 Å². The first-order chi connectivity index (χ1) is 7.99. The van der Waals surface area contributed by atoms with Crippen LogP contribution in [0.15, 0.2) is 0 Å². The lowest BCUT2D eigenvalue weighted by Gasteiger charge is -2.27. The summed E-state index contributed by atoms with van der Waals surface area (Å²) in [5.41, 5.74) is 0. The highest BCUT2D eigenvalue weighted by atomic mass is 16.4. The molecule has 1 aliphatic carbocycles. The summed E-state index contributed by atoms with van der Waals surface area (Å²) in [4.78, 5) is 21.7. The Morgan fingerprint density at radius 3 is 2.71 bits per heavy atom. The largest absolute Gasteiger partial charge is 0.479 e. The van der Waals surface area contributed by atoms with Crippen LogP contribution in [0.3, 0.4) is 0 Å². The van der Waals surface area contributed by atoms with Crippen LogP contribution < -0.4 is 10.6 Å². The molecule has 2 unspecified atom stereocenters.